The average molecular weight is 386 g/mol. The quantitative estimate of drug-likeness (QED) is 0.302. The van der Waals surface area contributed by atoms with E-state index in [2.05, 4.69) is 86.3 Å². The van der Waals surface area contributed by atoms with Crippen LogP contribution in [0.4, 0.5) is 0 Å². The van der Waals surface area contributed by atoms with Crippen molar-refractivity contribution in [3.05, 3.63) is 102 Å². The summed E-state index contributed by atoms with van der Waals surface area (Å²) in [5.41, 5.74) is 9.72. The second kappa shape index (κ2) is 7.23. The maximum absolute atomic E-state index is 4.93. The summed E-state index contributed by atoms with van der Waals surface area (Å²) in [5, 5.41) is 2.25. The minimum atomic E-state index is 0.951. The van der Waals surface area contributed by atoms with Crippen LogP contribution in [0.15, 0.2) is 85.4 Å². The van der Waals surface area contributed by atoms with Crippen molar-refractivity contribution in [1.29, 1.82) is 0 Å². The zero-order valence-electron chi connectivity index (χ0n) is 17.2. The second-order valence-electron chi connectivity index (χ2n) is 7.68. The molecular weight excluding hydrogens is 364 g/mol. The lowest BCUT2D eigenvalue weighted by atomic mass is 9.95. The number of aromatic nitrogens is 2. The van der Waals surface area contributed by atoms with Crippen LogP contribution in [0.25, 0.3) is 50.1 Å². The van der Waals surface area contributed by atoms with Crippen molar-refractivity contribution in [1.82, 2.24) is 9.97 Å². The summed E-state index contributed by atoms with van der Waals surface area (Å²) in [6, 6.07) is 27.6. The number of hydrogen-bond donors (Lipinski definition) is 0. The third-order valence-electron chi connectivity index (χ3n) is 5.53. The highest BCUT2D eigenvalue weighted by atomic mass is 14.8. The molecule has 2 aromatic heterocycles. The van der Waals surface area contributed by atoms with Crippen LogP contribution in [-0.4, -0.2) is 9.97 Å². The lowest BCUT2D eigenvalue weighted by Crippen LogP contribution is -1.94. The average Bonchev–Trinajstić information content (AvgIpc) is 2.78. The molecule has 0 aliphatic heterocycles. The molecule has 30 heavy (non-hydrogen) atoms. The predicted molar refractivity (Wildman–Crippen MR) is 127 cm³/mol. The van der Waals surface area contributed by atoms with Gasteiger partial charge in [0.25, 0.3) is 0 Å². The van der Waals surface area contributed by atoms with Crippen LogP contribution in [0.1, 0.15) is 17.0 Å². The van der Waals surface area contributed by atoms with Gasteiger partial charge in [0.15, 0.2) is 0 Å². The van der Waals surface area contributed by atoms with E-state index in [1.54, 1.807) is 0 Å². The number of rotatable bonds is 3. The topological polar surface area (TPSA) is 25.8 Å². The zero-order chi connectivity index (χ0) is 20.7. The Morgan fingerprint density at radius 2 is 1.20 bits per heavy atom. The molecule has 0 fully saturated rings. The van der Waals surface area contributed by atoms with Crippen LogP contribution in [0.5, 0.6) is 0 Å². The molecule has 0 amide bonds. The summed E-state index contributed by atoms with van der Waals surface area (Å²) in [4.78, 5) is 9.85. The molecule has 0 aliphatic carbocycles. The van der Waals surface area contributed by atoms with Crippen LogP contribution in [0.2, 0.25) is 0 Å². The Hall–Kier alpha value is -3.78. The van der Waals surface area contributed by atoms with Crippen LogP contribution < -0.4 is 0 Å². The maximum atomic E-state index is 4.93. The van der Waals surface area contributed by atoms with Gasteiger partial charge in [-0.1, -0.05) is 73.3 Å². The molecule has 2 heterocycles. The number of aryl methyl sites for hydroxylation is 2. The van der Waals surface area contributed by atoms with E-state index in [1.165, 1.54) is 16.7 Å². The molecule has 0 unspecified atom stereocenters. The number of hydrogen-bond acceptors (Lipinski definition) is 2. The first-order chi connectivity index (χ1) is 14.6. The van der Waals surface area contributed by atoms with Crippen LogP contribution in [0.3, 0.4) is 0 Å². The molecule has 0 N–H and O–H groups in total. The standard InChI is InChI=1S/C28H22N2/c1-4-20-9-8-12-22(17-20)26-16-19(3)30-28-24(26)14-13-23-25(15-18(2)29-27(23)28)21-10-6-5-7-11-21/h4-17H,1H2,2-3H3. The smallest absolute Gasteiger partial charge is 0.0974 e. The maximum Gasteiger partial charge on any atom is 0.0974 e. The van der Waals surface area contributed by atoms with Crippen LogP contribution in [-0.2, 0) is 0 Å². The molecule has 144 valence electrons. The van der Waals surface area contributed by atoms with Gasteiger partial charge in [-0.2, -0.15) is 0 Å². The second-order valence-corrected chi connectivity index (χ2v) is 7.68. The minimum absolute atomic E-state index is 0.951. The molecule has 0 radical (unpaired) electrons. The first-order valence-electron chi connectivity index (χ1n) is 10.1. The zero-order valence-corrected chi connectivity index (χ0v) is 17.2. The summed E-state index contributed by atoms with van der Waals surface area (Å²) in [7, 11) is 0. The first kappa shape index (κ1) is 18.3. The first-order valence-corrected chi connectivity index (χ1v) is 10.1. The van der Waals surface area contributed by atoms with Gasteiger partial charge in [-0.3, -0.25) is 9.97 Å². The molecule has 2 heteroatoms. The molecule has 0 atom stereocenters. The van der Waals surface area contributed by atoms with Gasteiger partial charge in [-0.05, 0) is 59.9 Å². The third kappa shape index (κ3) is 3.07. The molecule has 0 saturated carbocycles. The SMILES string of the molecule is C=Cc1cccc(-c2cc(C)nc3c2ccc2c(-c4ccccc4)cc(C)nc23)c1. The summed E-state index contributed by atoms with van der Waals surface area (Å²) in [5.74, 6) is 0. The minimum Gasteiger partial charge on any atom is -0.251 e. The summed E-state index contributed by atoms with van der Waals surface area (Å²) in [6.07, 6.45) is 1.88. The van der Waals surface area contributed by atoms with E-state index < -0.39 is 0 Å². The third-order valence-corrected chi connectivity index (χ3v) is 5.53. The largest absolute Gasteiger partial charge is 0.251 e. The van der Waals surface area contributed by atoms with Gasteiger partial charge in [-0.25, -0.2) is 0 Å². The predicted octanol–water partition coefficient (Wildman–Crippen LogP) is 7.38. The van der Waals surface area contributed by atoms with Crippen molar-refractivity contribution in [2.45, 2.75) is 13.8 Å². The molecule has 0 aliphatic rings. The number of benzene rings is 3. The molecule has 3 aromatic carbocycles. The van der Waals surface area contributed by atoms with Crippen LogP contribution in [0, 0.1) is 13.8 Å². The lowest BCUT2D eigenvalue weighted by Gasteiger charge is -2.13. The Morgan fingerprint density at radius 3 is 1.80 bits per heavy atom. The lowest BCUT2D eigenvalue weighted by molar-refractivity contribution is 1.23. The summed E-state index contributed by atoms with van der Waals surface area (Å²) >= 11 is 0. The van der Waals surface area contributed by atoms with Crippen molar-refractivity contribution >= 4 is 27.9 Å². The van der Waals surface area contributed by atoms with Gasteiger partial charge in [0.1, 0.15) is 0 Å². The molecule has 0 bridgehead atoms. The van der Waals surface area contributed by atoms with Gasteiger partial charge < -0.3 is 0 Å². The van der Waals surface area contributed by atoms with Gasteiger partial charge in [0.05, 0.1) is 11.0 Å². The van der Waals surface area contributed by atoms with E-state index in [4.69, 9.17) is 9.97 Å². The fourth-order valence-corrected chi connectivity index (χ4v) is 4.16. The van der Waals surface area contributed by atoms with Crippen molar-refractivity contribution in [2.75, 3.05) is 0 Å². The molecule has 2 nitrogen and oxygen atoms in total. The normalized spacial score (nSPS) is 11.1. The van der Waals surface area contributed by atoms with E-state index in [-0.39, 0.29) is 0 Å². The Kier molecular flexibility index (Phi) is 4.40. The van der Waals surface area contributed by atoms with Crippen molar-refractivity contribution in [2.24, 2.45) is 0 Å². The fourth-order valence-electron chi connectivity index (χ4n) is 4.16. The van der Waals surface area contributed by atoms with Gasteiger partial charge in [-0.15, -0.1) is 0 Å². The monoisotopic (exact) mass is 386 g/mol. The van der Waals surface area contributed by atoms with Crippen molar-refractivity contribution in [3.63, 3.8) is 0 Å². The Morgan fingerprint density at radius 1 is 0.633 bits per heavy atom. The Bertz CT molecular complexity index is 1420. The highest BCUT2D eigenvalue weighted by Crippen LogP contribution is 2.36. The fraction of sp³-hybridized carbons (Fsp3) is 0.0714. The number of fused-ring (bicyclic) bond motifs is 3. The Labute approximate surface area is 176 Å². The summed E-state index contributed by atoms with van der Waals surface area (Å²) in [6.45, 7) is 8.01. The molecule has 0 spiro atoms. The van der Waals surface area contributed by atoms with Crippen molar-refractivity contribution < 1.29 is 0 Å². The van der Waals surface area contributed by atoms with Gasteiger partial charge in [0, 0.05) is 22.2 Å². The van der Waals surface area contributed by atoms with E-state index in [1.807, 2.05) is 19.1 Å². The molecule has 0 saturated heterocycles. The Balaban J connectivity index is 1.86. The number of pyridine rings is 2. The van der Waals surface area contributed by atoms with E-state index in [9.17, 15) is 0 Å². The highest BCUT2D eigenvalue weighted by Gasteiger charge is 2.14. The van der Waals surface area contributed by atoms with Gasteiger partial charge >= 0.3 is 0 Å². The molecular formula is C28H22N2. The molecule has 5 rings (SSSR count). The molecule has 5 aromatic rings. The number of nitrogens with zero attached hydrogens (tertiary/aromatic N) is 2. The van der Waals surface area contributed by atoms with E-state index in [0.717, 1.165) is 44.3 Å². The van der Waals surface area contributed by atoms with Crippen molar-refractivity contribution in [3.8, 4) is 22.3 Å². The van der Waals surface area contributed by atoms with E-state index >= 15 is 0 Å². The van der Waals surface area contributed by atoms with Gasteiger partial charge in [0.2, 0.25) is 0 Å². The van der Waals surface area contributed by atoms with Crippen LogP contribution >= 0.6 is 0 Å². The van der Waals surface area contributed by atoms with E-state index in [0.29, 0.717) is 0 Å². The highest BCUT2D eigenvalue weighted by molar-refractivity contribution is 6.12. The summed E-state index contributed by atoms with van der Waals surface area (Å²) < 4.78 is 0.